The van der Waals surface area contributed by atoms with Crippen LogP contribution >= 0.6 is 0 Å². The summed E-state index contributed by atoms with van der Waals surface area (Å²) in [6.45, 7) is 10.4. The number of nitrogens with zero attached hydrogens (tertiary/aromatic N) is 3. The van der Waals surface area contributed by atoms with Crippen molar-refractivity contribution in [2.75, 3.05) is 24.6 Å². The normalized spacial score (nSPS) is 17.6. The Morgan fingerprint density at radius 1 is 0.663 bits per heavy atom. The molecule has 2 amide bonds. The first kappa shape index (κ1) is 70.7. The Kier molecular flexibility index (Phi) is 25.8. The number of hydrogen-bond acceptors (Lipinski definition) is 22. The minimum atomic E-state index is -4.50. The zero-order chi connectivity index (χ0) is 63.0. The van der Waals surface area contributed by atoms with E-state index < -0.39 is 109 Å². The molecule has 4 aromatic carbocycles. The van der Waals surface area contributed by atoms with Gasteiger partial charge >= 0.3 is 43.8 Å². The minimum absolute atomic E-state index is 0.0501. The summed E-state index contributed by atoms with van der Waals surface area (Å²) in [6.07, 6.45) is 5.37. The van der Waals surface area contributed by atoms with Crippen molar-refractivity contribution >= 4 is 130 Å². The van der Waals surface area contributed by atoms with E-state index >= 15 is 0 Å². The number of benzene rings is 4. The van der Waals surface area contributed by atoms with E-state index in [0.29, 0.717) is 58.6 Å². The fraction of sp³-hybridized carbons (Fsp3) is 0.480. The molecule has 27 nitrogen and oxygen atoms in total. The molecular weight excluding hydrogens is 1220 g/mol. The van der Waals surface area contributed by atoms with Gasteiger partial charge in [-0.1, -0.05) is 62.9 Å². The number of carboxylic acid groups (broad SMARTS) is 1. The maximum atomic E-state index is 12.5. The third kappa shape index (κ3) is 19.8. The molecule has 0 bridgehead atoms. The zero-order valence-corrected chi connectivity index (χ0v) is 50.3. The second kappa shape index (κ2) is 30.3. The fourth-order valence-corrected chi connectivity index (χ4v) is 12.0. The number of amides is 2. The van der Waals surface area contributed by atoms with E-state index in [4.69, 9.17) is 42.7 Å². The van der Waals surface area contributed by atoms with Crippen molar-refractivity contribution in [2.24, 2.45) is 5.92 Å². The molecule has 3 heterocycles. The van der Waals surface area contributed by atoms with Crippen molar-refractivity contribution < 1.29 is 115 Å². The van der Waals surface area contributed by atoms with Crippen molar-refractivity contribution in [2.45, 2.75) is 127 Å². The van der Waals surface area contributed by atoms with Gasteiger partial charge in [0, 0.05) is 80.7 Å². The summed E-state index contributed by atoms with van der Waals surface area (Å²) in [5.41, 5.74) is 3.91. The molecule has 0 aromatic heterocycles. The average molecular weight is 1280 g/mol. The molecule has 7 rings (SSSR count). The highest BCUT2D eigenvalue weighted by Crippen LogP contribution is 2.50. The van der Waals surface area contributed by atoms with Crippen LogP contribution in [0.1, 0.15) is 123 Å². The van der Waals surface area contributed by atoms with Crippen LogP contribution in [0.2, 0.25) is 0 Å². The Morgan fingerprint density at radius 3 is 1.61 bits per heavy atom. The molecular formula is C50H61N3O24S6. The molecule has 0 aliphatic carbocycles. The van der Waals surface area contributed by atoms with Gasteiger partial charge in [-0.15, -0.1) is 42.9 Å². The molecule has 3 unspecified atom stereocenters. The summed E-state index contributed by atoms with van der Waals surface area (Å²) in [7, 11) is -22.5. The molecule has 3 aliphatic rings. The molecule has 1 fully saturated rings. The average Bonchev–Trinajstić information content (AvgIpc) is 2.84. The van der Waals surface area contributed by atoms with Gasteiger partial charge in [0.2, 0.25) is 11.4 Å². The number of hydrogen-bond donors (Lipinski definition) is 2. The molecule has 83 heavy (non-hydrogen) atoms. The number of fused-ring (bicyclic) bond motifs is 6. The number of carbonyl (C=O) groups is 4. The third-order valence-corrected chi connectivity index (χ3v) is 16.8. The van der Waals surface area contributed by atoms with Gasteiger partial charge in [-0.2, -0.15) is 17.6 Å². The zero-order valence-electron chi connectivity index (χ0n) is 45.4. The van der Waals surface area contributed by atoms with Gasteiger partial charge in [0.05, 0.1) is 41.9 Å². The van der Waals surface area contributed by atoms with E-state index in [1.807, 2.05) is 23.6 Å². The van der Waals surface area contributed by atoms with Gasteiger partial charge in [-0.3, -0.25) is 18.9 Å². The van der Waals surface area contributed by atoms with Crippen molar-refractivity contribution in [3.05, 3.63) is 77.9 Å². The lowest BCUT2D eigenvalue weighted by atomic mass is 9.67. The predicted molar refractivity (Wildman–Crippen MR) is 292 cm³/mol. The first-order valence-electron chi connectivity index (χ1n) is 25.2. The summed E-state index contributed by atoms with van der Waals surface area (Å²) in [5.74, 6) is -4.34. The number of rotatable bonds is 21. The number of imide groups is 1. The Labute approximate surface area is 483 Å². The predicted octanol–water partition coefficient (Wildman–Crippen LogP) is 3.99. The van der Waals surface area contributed by atoms with E-state index in [1.165, 1.54) is 17.7 Å². The number of carbonyl (C=O) groups excluding carboxylic acids is 3. The molecule has 33 heteroatoms. The van der Waals surface area contributed by atoms with E-state index in [9.17, 15) is 63.2 Å². The smallest absolute Gasteiger partial charge is 0.425 e. The topological polar surface area (TPSA) is 429 Å². The summed E-state index contributed by atoms with van der Waals surface area (Å²) >= 11 is 0. The summed E-state index contributed by atoms with van der Waals surface area (Å²) < 4.78 is 180. The third-order valence-electron chi connectivity index (χ3n) is 14.3. The van der Waals surface area contributed by atoms with Crippen LogP contribution in [-0.4, -0.2) is 156 Å². The van der Waals surface area contributed by atoms with Gasteiger partial charge in [-0.25, -0.2) is 21.6 Å². The molecule has 0 spiro atoms. The molecule has 0 radical (unpaired) electrons. The highest BCUT2D eigenvalue weighted by molar-refractivity contribution is 7.86. The summed E-state index contributed by atoms with van der Waals surface area (Å²) in [5, 5.41) is 14.2. The van der Waals surface area contributed by atoms with Crippen LogP contribution in [-0.2, 0) is 97.0 Å². The number of carboxylic acids is 1. The molecule has 456 valence electrons. The van der Waals surface area contributed by atoms with E-state index in [0.717, 1.165) is 47.9 Å². The van der Waals surface area contributed by atoms with Crippen LogP contribution in [0.3, 0.4) is 0 Å². The molecule has 2 N–H and O–H groups in total. The minimum Gasteiger partial charge on any atom is -0.748 e. The molecule has 3 atom stereocenters. The Hall–Kier alpha value is -6.59. The summed E-state index contributed by atoms with van der Waals surface area (Å²) in [4.78, 5) is 52.5. The van der Waals surface area contributed by atoms with E-state index in [-0.39, 0.29) is 49.0 Å². The highest BCUT2D eigenvalue weighted by Gasteiger charge is 2.55. The van der Waals surface area contributed by atoms with Crippen molar-refractivity contribution in [3.8, 4) is 0 Å². The Bertz CT molecular complexity index is 3820. The largest absolute Gasteiger partial charge is 0.748 e. The number of unbranched alkanes of at least 4 members (excludes halogenated alkanes) is 3. The second-order valence-electron chi connectivity index (χ2n) is 19.5. The summed E-state index contributed by atoms with van der Waals surface area (Å²) in [6, 6.07) is 20.0. The maximum absolute atomic E-state index is 12.5. The van der Waals surface area contributed by atoms with Gasteiger partial charge in [0.15, 0.2) is 11.4 Å². The SMILES string of the molecule is CC1=[N+](CCCS(=O)(=O)[O-])c2ccc3ccccc3c2C1(C)CCCCCC(=O)ON1C(=O)CCC1=O.CCCCC(C(=O)O)C1(C)C(C)=[N+](CCCS(=O)(=O)[O-])c2ccc3ccc(S(=O)(=O)O)cc3c21.O=S(=O)=O.O=S(=O)=O.O=S(=O)=O. The number of hydroxylamine groups is 2. The lowest BCUT2D eigenvalue weighted by molar-refractivity contribution is -0.439. The highest BCUT2D eigenvalue weighted by atomic mass is 32.2. The lowest BCUT2D eigenvalue weighted by Gasteiger charge is -2.30. The maximum Gasteiger partial charge on any atom is 0.425 e. The van der Waals surface area contributed by atoms with Crippen LogP contribution in [0, 0.1) is 5.92 Å². The van der Waals surface area contributed by atoms with Crippen LogP contribution in [0.15, 0.2) is 71.6 Å². The van der Waals surface area contributed by atoms with Gasteiger partial charge in [0.25, 0.3) is 21.9 Å². The Balaban J connectivity index is 0.000000365. The quantitative estimate of drug-likeness (QED) is 0.0515. The van der Waals surface area contributed by atoms with Crippen LogP contribution in [0.5, 0.6) is 0 Å². The van der Waals surface area contributed by atoms with E-state index in [1.54, 1.807) is 32.0 Å². The van der Waals surface area contributed by atoms with Gasteiger partial charge < -0.3 is 19.0 Å². The number of aliphatic carboxylic acids is 1. The van der Waals surface area contributed by atoms with Crippen LogP contribution in [0.25, 0.3) is 21.5 Å². The molecule has 3 aliphatic heterocycles. The standard InChI is InChI=1S/C27H32N2O7S.C23H29NO8S2.3O3S/c1-19-27(2,16-7-3-4-11-25(32)36-29-23(30)14-15-24(29)31)26-21-10-6-5-9-20(21)12-13-22(26)28(19)17-8-18-37(33,34)35;1-4-5-7-19(22(25)26)23(3)15(2)24(12-6-13-33(27,28)29)20-11-9-16-8-10-17(34(30,31)32)14-18(16)21(20)23;3*1-4(2)3/h5-6,9-10,12-13H,3-4,7-8,11,14-18H2,1-2H3;8-11,14,19H,4-7,12-13H2,1-3H3,(H2-,25,26,27,28,29,30,31,32);;;. The first-order chi connectivity index (χ1) is 38.4. The monoisotopic (exact) mass is 1280 g/mol. The van der Waals surface area contributed by atoms with Crippen LogP contribution in [0.4, 0.5) is 11.4 Å². The molecule has 0 saturated carbocycles. The molecule has 4 aromatic rings. The Morgan fingerprint density at radius 2 is 1.13 bits per heavy atom. The van der Waals surface area contributed by atoms with Crippen molar-refractivity contribution in [1.82, 2.24) is 5.06 Å². The lowest BCUT2D eigenvalue weighted by Crippen LogP contribution is -2.42. The molecule has 1 saturated heterocycles. The fourth-order valence-electron chi connectivity index (χ4n) is 10.5. The van der Waals surface area contributed by atoms with E-state index in [2.05, 4.69) is 42.7 Å². The van der Waals surface area contributed by atoms with Crippen LogP contribution < -0.4 is 0 Å². The second-order valence-corrected chi connectivity index (χ2v) is 25.2. The van der Waals surface area contributed by atoms with Gasteiger partial charge in [-0.05, 0) is 78.9 Å². The first-order valence-corrected chi connectivity index (χ1v) is 32.8. The van der Waals surface area contributed by atoms with Crippen molar-refractivity contribution in [3.63, 3.8) is 0 Å². The van der Waals surface area contributed by atoms with Crippen molar-refractivity contribution in [1.29, 1.82) is 0 Å². The van der Waals surface area contributed by atoms with Gasteiger partial charge in [0.1, 0.15) is 13.1 Å².